The smallest absolute Gasteiger partial charge is 0.264 e. The van der Waals surface area contributed by atoms with Crippen LogP contribution in [0.1, 0.15) is 48.8 Å². The highest BCUT2D eigenvalue weighted by Gasteiger charge is 2.36. The molecular weight excluding hydrogens is 653 g/mol. The molecule has 0 aromatic heterocycles. The van der Waals surface area contributed by atoms with Crippen LogP contribution in [0.4, 0.5) is 5.69 Å². The van der Waals surface area contributed by atoms with Crippen molar-refractivity contribution in [3.63, 3.8) is 0 Å². The second kappa shape index (κ2) is 15.8. The van der Waals surface area contributed by atoms with Gasteiger partial charge >= 0.3 is 0 Å². The number of carbonyl (C=O) groups excluding carboxylic acids is 2. The number of nitrogens with one attached hydrogen (secondary N) is 1. The zero-order valence-corrected chi connectivity index (χ0v) is 28.6. The quantitative estimate of drug-likeness (QED) is 0.166. The fourth-order valence-electron chi connectivity index (χ4n) is 5.91. The number of carbonyl (C=O) groups is 2. The first kappa shape index (κ1) is 34.5. The van der Waals surface area contributed by atoms with Gasteiger partial charge in [-0.3, -0.25) is 13.9 Å². The summed E-state index contributed by atoms with van der Waals surface area (Å²) in [5.41, 5.74) is 2.63. The average Bonchev–Trinajstić information content (AvgIpc) is 3.08. The van der Waals surface area contributed by atoms with Crippen molar-refractivity contribution in [1.82, 2.24) is 10.2 Å². The van der Waals surface area contributed by atoms with E-state index in [0.717, 1.165) is 53.1 Å². The summed E-state index contributed by atoms with van der Waals surface area (Å²) in [5, 5.41) is 3.37. The highest BCUT2D eigenvalue weighted by atomic mass is 35.5. The van der Waals surface area contributed by atoms with Gasteiger partial charge in [-0.2, -0.15) is 0 Å². The lowest BCUT2D eigenvalue weighted by Gasteiger charge is -2.35. The Labute approximate surface area is 287 Å². The van der Waals surface area contributed by atoms with Crippen molar-refractivity contribution < 1.29 is 18.0 Å². The van der Waals surface area contributed by atoms with Crippen molar-refractivity contribution in [2.24, 2.45) is 0 Å². The molecule has 1 unspecified atom stereocenters. The van der Waals surface area contributed by atoms with Gasteiger partial charge in [-0.1, -0.05) is 127 Å². The van der Waals surface area contributed by atoms with E-state index in [0.29, 0.717) is 0 Å². The van der Waals surface area contributed by atoms with E-state index < -0.39 is 28.5 Å². The molecule has 5 rings (SSSR count). The van der Waals surface area contributed by atoms with Crippen LogP contribution in [0.2, 0.25) is 10.0 Å². The molecule has 4 aromatic rings. The summed E-state index contributed by atoms with van der Waals surface area (Å²) in [4.78, 5) is 30.3. The molecule has 0 spiro atoms. The fraction of sp³-hybridized carbons (Fsp3) is 0.297. The van der Waals surface area contributed by atoms with E-state index >= 15 is 0 Å². The number of halogens is 2. The van der Waals surface area contributed by atoms with E-state index in [1.807, 2.05) is 67.6 Å². The van der Waals surface area contributed by atoms with Crippen LogP contribution in [0.5, 0.6) is 0 Å². The van der Waals surface area contributed by atoms with Crippen LogP contribution in [0.25, 0.3) is 0 Å². The van der Waals surface area contributed by atoms with Gasteiger partial charge in [0, 0.05) is 19.0 Å². The van der Waals surface area contributed by atoms with E-state index in [1.165, 1.54) is 23.1 Å². The number of anilines is 1. The van der Waals surface area contributed by atoms with Crippen molar-refractivity contribution in [1.29, 1.82) is 0 Å². The molecule has 1 atom stereocenters. The summed E-state index contributed by atoms with van der Waals surface area (Å²) < 4.78 is 29.5. The Morgan fingerprint density at radius 2 is 1.43 bits per heavy atom. The van der Waals surface area contributed by atoms with Crippen molar-refractivity contribution >= 4 is 50.7 Å². The zero-order chi connectivity index (χ0) is 33.4. The van der Waals surface area contributed by atoms with E-state index in [1.54, 1.807) is 24.3 Å². The maximum absolute atomic E-state index is 14.7. The molecule has 1 fully saturated rings. The maximum atomic E-state index is 14.7. The molecule has 0 bridgehead atoms. The van der Waals surface area contributed by atoms with Crippen LogP contribution in [0.15, 0.2) is 108 Å². The SMILES string of the molecule is Cc1ccc(S(=O)(=O)N(CC(=O)N(Cc2ccccc2)C(Cc2ccccc2)C(=O)NC2CCCCC2)c2cccc(Cl)c2Cl)cc1. The lowest BCUT2D eigenvalue weighted by atomic mass is 9.94. The summed E-state index contributed by atoms with van der Waals surface area (Å²) in [6.07, 6.45) is 5.22. The minimum atomic E-state index is -4.30. The molecule has 1 saturated carbocycles. The Morgan fingerprint density at radius 3 is 2.06 bits per heavy atom. The molecule has 0 saturated heterocycles. The van der Waals surface area contributed by atoms with Crippen molar-refractivity contribution in [3.8, 4) is 0 Å². The topological polar surface area (TPSA) is 86.8 Å². The Balaban J connectivity index is 1.57. The van der Waals surface area contributed by atoms with Gasteiger partial charge in [-0.25, -0.2) is 8.42 Å². The lowest BCUT2D eigenvalue weighted by molar-refractivity contribution is -0.140. The van der Waals surface area contributed by atoms with Crippen LogP contribution in [-0.2, 0) is 32.6 Å². The van der Waals surface area contributed by atoms with Gasteiger partial charge in [0.15, 0.2) is 0 Å². The predicted octanol–water partition coefficient (Wildman–Crippen LogP) is 7.59. The number of benzene rings is 4. The van der Waals surface area contributed by atoms with Crippen LogP contribution in [-0.4, -0.2) is 43.8 Å². The van der Waals surface area contributed by atoms with Gasteiger partial charge in [0.05, 0.1) is 20.6 Å². The average molecular weight is 693 g/mol. The minimum Gasteiger partial charge on any atom is -0.352 e. The first-order valence-corrected chi connectivity index (χ1v) is 18.0. The molecule has 246 valence electrons. The fourth-order valence-corrected chi connectivity index (χ4v) is 7.79. The maximum Gasteiger partial charge on any atom is 0.264 e. The molecule has 0 aliphatic heterocycles. The van der Waals surface area contributed by atoms with Gasteiger partial charge in [-0.05, 0) is 55.2 Å². The third-order valence-corrected chi connectivity index (χ3v) is 11.1. The standard InChI is InChI=1S/C37H39Cl2N3O4S/c1-27-20-22-31(23-21-27)47(45,46)42(33-19-11-18-32(38)36(33)39)26-35(43)41(25-29-14-7-3-8-15-29)34(24-28-12-5-2-6-13-28)37(44)40-30-16-9-4-10-17-30/h2-3,5-8,11-15,18-23,30,34H,4,9-10,16-17,24-26H2,1H3,(H,40,44). The monoisotopic (exact) mass is 691 g/mol. The molecule has 47 heavy (non-hydrogen) atoms. The van der Waals surface area contributed by atoms with Crippen LogP contribution in [0.3, 0.4) is 0 Å². The number of hydrogen-bond acceptors (Lipinski definition) is 4. The predicted molar refractivity (Wildman–Crippen MR) is 188 cm³/mol. The molecule has 2 amide bonds. The number of amides is 2. The van der Waals surface area contributed by atoms with Crippen LogP contribution in [0, 0.1) is 6.92 Å². The molecule has 7 nitrogen and oxygen atoms in total. The normalized spacial score (nSPS) is 14.3. The summed E-state index contributed by atoms with van der Waals surface area (Å²) in [6, 6.07) is 29.1. The second-order valence-corrected chi connectivity index (χ2v) is 14.6. The van der Waals surface area contributed by atoms with Crippen LogP contribution < -0.4 is 9.62 Å². The molecule has 0 radical (unpaired) electrons. The summed E-state index contributed by atoms with van der Waals surface area (Å²) in [6.45, 7) is 1.35. The summed E-state index contributed by atoms with van der Waals surface area (Å²) in [5.74, 6) is -0.820. The van der Waals surface area contributed by atoms with E-state index in [9.17, 15) is 18.0 Å². The van der Waals surface area contributed by atoms with Gasteiger partial charge < -0.3 is 10.2 Å². The molecule has 1 aliphatic rings. The first-order valence-electron chi connectivity index (χ1n) is 15.8. The van der Waals surface area contributed by atoms with Crippen molar-refractivity contribution in [2.75, 3.05) is 10.8 Å². The van der Waals surface area contributed by atoms with Crippen molar-refractivity contribution in [3.05, 3.63) is 130 Å². The highest BCUT2D eigenvalue weighted by Crippen LogP contribution is 2.36. The van der Waals surface area contributed by atoms with Crippen molar-refractivity contribution in [2.45, 2.75) is 69.0 Å². The molecular formula is C37H39Cl2N3O4S. The Morgan fingerprint density at radius 1 is 0.809 bits per heavy atom. The third-order valence-electron chi connectivity index (χ3n) is 8.51. The lowest BCUT2D eigenvalue weighted by Crippen LogP contribution is -2.55. The Kier molecular flexibility index (Phi) is 11.6. The van der Waals surface area contributed by atoms with E-state index in [2.05, 4.69) is 5.32 Å². The molecule has 10 heteroatoms. The summed E-state index contributed by atoms with van der Waals surface area (Å²) in [7, 11) is -4.30. The van der Waals surface area contributed by atoms with Crippen LogP contribution >= 0.6 is 23.2 Å². The molecule has 4 aromatic carbocycles. The Bertz CT molecular complexity index is 1760. The molecule has 1 N–H and O–H groups in total. The number of nitrogens with zero attached hydrogens (tertiary/aromatic N) is 2. The van der Waals surface area contributed by atoms with Gasteiger partial charge in [-0.15, -0.1) is 0 Å². The highest BCUT2D eigenvalue weighted by molar-refractivity contribution is 7.92. The molecule has 1 aliphatic carbocycles. The zero-order valence-electron chi connectivity index (χ0n) is 26.3. The van der Waals surface area contributed by atoms with Gasteiger partial charge in [0.25, 0.3) is 10.0 Å². The largest absolute Gasteiger partial charge is 0.352 e. The van der Waals surface area contributed by atoms with E-state index in [-0.39, 0.29) is 45.5 Å². The Hall–Kier alpha value is -3.85. The van der Waals surface area contributed by atoms with Gasteiger partial charge in [0.1, 0.15) is 12.6 Å². The second-order valence-electron chi connectivity index (χ2n) is 12.0. The number of hydrogen-bond donors (Lipinski definition) is 1. The number of aryl methyl sites for hydroxylation is 1. The minimum absolute atomic E-state index is 0.00238. The first-order chi connectivity index (χ1) is 22.6. The third kappa shape index (κ3) is 8.74. The molecule has 0 heterocycles. The van der Waals surface area contributed by atoms with Gasteiger partial charge in [0.2, 0.25) is 11.8 Å². The number of rotatable bonds is 12. The summed E-state index contributed by atoms with van der Waals surface area (Å²) >= 11 is 13.0. The number of sulfonamides is 1. The van der Waals surface area contributed by atoms with E-state index in [4.69, 9.17) is 23.2 Å².